The Kier molecular flexibility index (Phi) is 3.89. The van der Waals surface area contributed by atoms with Crippen LogP contribution in [0.5, 0.6) is 11.5 Å². The second-order valence-electron chi connectivity index (χ2n) is 5.69. The fraction of sp³-hybridized carbons (Fsp3) is 0.158. The van der Waals surface area contributed by atoms with E-state index in [0.29, 0.717) is 22.7 Å². The number of hydrogen-bond acceptors (Lipinski definition) is 4. The lowest BCUT2D eigenvalue weighted by molar-refractivity contribution is 0.0997. The number of ether oxygens (including phenoxy) is 2. The molecule has 0 saturated carbocycles. The molecule has 0 fully saturated rings. The predicted octanol–water partition coefficient (Wildman–Crippen LogP) is 3.67. The third kappa shape index (κ3) is 2.74. The first-order valence-corrected chi connectivity index (χ1v) is 8.67. The molecule has 1 amide bonds. The van der Waals surface area contributed by atoms with Crippen LogP contribution in [-0.2, 0) is 6.54 Å². The van der Waals surface area contributed by atoms with Gasteiger partial charge >= 0.3 is 0 Å². The zero-order valence-electron chi connectivity index (χ0n) is 13.7. The van der Waals surface area contributed by atoms with Gasteiger partial charge in [-0.1, -0.05) is 35.6 Å². The number of allylic oxidation sites excluding steroid dienone is 1. The van der Waals surface area contributed by atoms with Crippen molar-refractivity contribution >= 4 is 27.5 Å². The molecule has 4 rings (SSSR count). The normalized spacial score (nSPS) is 13.4. The summed E-state index contributed by atoms with van der Waals surface area (Å²) in [5, 5.41) is 0. The number of rotatable bonds is 3. The number of carbonyl (C=O) groups is 1. The minimum absolute atomic E-state index is 0.233. The van der Waals surface area contributed by atoms with Crippen LogP contribution in [0, 0.1) is 6.92 Å². The minimum atomic E-state index is -0.248. The van der Waals surface area contributed by atoms with Crippen molar-refractivity contribution < 1.29 is 14.3 Å². The highest BCUT2D eigenvalue weighted by atomic mass is 32.1. The van der Waals surface area contributed by atoms with Crippen molar-refractivity contribution in [2.45, 2.75) is 13.5 Å². The SMILES string of the molecule is C=CCn1c(=NC(=O)c2ccccc2C)sc2cc3c(cc21)OCO3. The summed E-state index contributed by atoms with van der Waals surface area (Å²) in [6, 6.07) is 11.3. The molecule has 0 unspecified atom stereocenters. The molecule has 5 nitrogen and oxygen atoms in total. The highest BCUT2D eigenvalue weighted by molar-refractivity contribution is 7.16. The summed E-state index contributed by atoms with van der Waals surface area (Å²) in [6.45, 7) is 6.50. The lowest BCUT2D eigenvalue weighted by Crippen LogP contribution is -2.16. The highest BCUT2D eigenvalue weighted by Gasteiger charge is 2.18. The van der Waals surface area contributed by atoms with Crippen molar-refractivity contribution in [3.8, 4) is 11.5 Å². The van der Waals surface area contributed by atoms with E-state index in [-0.39, 0.29) is 12.7 Å². The Morgan fingerprint density at radius 3 is 2.84 bits per heavy atom. The zero-order valence-corrected chi connectivity index (χ0v) is 14.5. The van der Waals surface area contributed by atoms with Crippen LogP contribution in [0.15, 0.2) is 54.0 Å². The summed E-state index contributed by atoms with van der Waals surface area (Å²) < 4.78 is 13.9. The number of hydrogen-bond donors (Lipinski definition) is 0. The van der Waals surface area contributed by atoms with E-state index in [0.717, 1.165) is 21.5 Å². The van der Waals surface area contributed by atoms with Gasteiger partial charge in [-0.2, -0.15) is 4.99 Å². The topological polar surface area (TPSA) is 52.8 Å². The molecular formula is C19H16N2O3S. The second-order valence-corrected chi connectivity index (χ2v) is 6.70. The lowest BCUT2D eigenvalue weighted by atomic mass is 10.1. The Morgan fingerprint density at radius 1 is 1.32 bits per heavy atom. The van der Waals surface area contributed by atoms with Gasteiger partial charge in [-0.3, -0.25) is 4.79 Å². The highest BCUT2D eigenvalue weighted by Crippen LogP contribution is 2.37. The molecular weight excluding hydrogens is 336 g/mol. The summed E-state index contributed by atoms with van der Waals surface area (Å²) in [7, 11) is 0. The molecule has 3 aromatic rings. The van der Waals surface area contributed by atoms with E-state index in [1.54, 1.807) is 12.1 Å². The van der Waals surface area contributed by atoms with Gasteiger partial charge in [-0.05, 0) is 18.6 Å². The van der Waals surface area contributed by atoms with Crippen LogP contribution >= 0.6 is 11.3 Å². The van der Waals surface area contributed by atoms with Crippen molar-refractivity contribution in [1.29, 1.82) is 0 Å². The van der Waals surface area contributed by atoms with Crippen LogP contribution in [0.4, 0.5) is 0 Å². The average Bonchev–Trinajstić information content (AvgIpc) is 3.18. The Balaban J connectivity index is 1.89. The Labute approximate surface area is 148 Å². The minimum Gasteiger partial charge on any atom is -0.454 e. The van der Waals surface area contributed by atoms with Crippen LogP contribution in [0.25, 0.3) is 10.2 Å². The number of amides is 1. The number of fused-ring (bicyclic) bond motifs is 2. The third-order valence-electron chi connectivity index (χ3n) is 4.06. The third-order valence-corrected chi connectivity index (χ3v) is 5.10. The Bertz CT molecular complexity index is 1060. The van der Waals surface area contributed by atoms with E-state index in [1.807, 2.05) is 41.8 Å². The van der Waals surface area contributed by atoms with Crippen molar-refractivity contribution in [1.82, 2.24) is 4.57 Å². The molecule has 0 bridgehead atoms. The molecule has 2 aromatic carbocycles. The van der Waals surface area contributed by atoms with Crippen LogP contribution in [-0.4, -0.2) is 17.3 Å². The van der Waals surface area contributed by atoms with Crippen LogP contribution in [0.2, 0.25) is 0 Å². The number of benzene rings is 2. The maximum atomic E-state index is 12.6. The number of carbonyl (C=O) groups excluding carboxylic acids is 1. The van der Waals surface area contributed by atoms with Gasteiger partial charge in [0.05, 0.1) is 10.2 Å². The summed E-state index contributed by atoms with van der Waals surface area (Å²) in [6.07, 6.45) is 1.79. The molecule has 1 aliphatic rings. The summed E-state index contributed by atoms with van der Waals surface area (Å²) in [4.78, 5) is 17.6. The first-order valence-electron chi connectivity index (χ1n) is 7.86. The van der Waals surface area contributed by atoms with E-state index in [2.05, 4.69) is 11.6 Å². The quantitative estimate of drug-likeness (QED) is 0.676. The van der Waals surface area contributed by atoms with Gasteiger partial charge in [0, 0.05) is 24.2 Å². The van der Waals surface area contributed by atoms with Crippen LogP contribution < -0.4 is 14.3 Å². The predicted molar refractivity (Wildman–Crippen MR) is 97.2 cm³/mol. The van der Waals surface area contributed by atoms with Gasteiger partial charge in [-0.25, -0.2) is 0 Å². The van der Waals surface area contributed by atoms with Gasteiger partial charge < -0.3 is 14.0 Å². The molecule has 2 heterocycles. The molecule has 0 saturated heterocycles. The molecule has 0 atom stereocenters. The second kappa shape index (κ2) is 6.22. The molecule has 0 aliphatic carbocycles. The molecule has 0 N–H and O–H groups in total. The first-order chi connectivity index (χ1) is 12.2. The van der Waals surface area contributed by atoms with Gasteiger partial charge in [0.1, 0.15) is 0 Å². The zero-order chi connectivity index (χ0) is 17.4. The molecule has 6 heteroatoms. The molecule has 0 radical (unpaired) electrons. The fourth-order valence-electron chi connectivity index (χ4n) is 2.81. The first kappa shape index (κ1) is 15.7. The molecule has 25 heavy (non-hydrogen) atoms. The van der Waals surface area contributed by atoms with E-state index in [4.69, 9.17) is 9.47 Å². The lowest BCUT2D eigenvalue weighted by Gasteiger charge is -2.03. The van der Waals surface area contributed by atoms with Crippen LogP contribution in [0.3, 0.4) is 0 Å². The maximum Gasteiger partial charge on any atom is 0.279 e. The molecule has 0 spiro atoms. The van der Waals surface area contributed by atoms with E-state index >= 15 is 0 Å². The van der Waals surface area contributed by atoms with Gasteiger partial charge in [0.25, 0.3) is 5.91 Å². The number of aryl methyl sites for hydroxylation is 1. The molecule has 126 valence electrons. The van der Waals surface area contributed by atoms with Crippen LogP contribution in [0.1, 0.15) is 15.9 Å². The number of nitrogens with zero attached hydrogens (tertiary/aromatic N) is 2. The monoisotopic (exact) mass is 352 g/mol. The molecule has 1 aromatic heterocycles. The Morgan fingerprint density at radius 2 is 2.08 bits per heavy atom. The smallest absolute Gasteiger partial charge is 0.279 e. The van der Waals surface area contributed by atoms with Crippen molar-refractivity contribution in [3.05, 3.63) is 65.0 Å². The standard InChI is InChI=1S/C19H16N2O3S/c1-3-8-21-14-9-15-16(24-11-23-15)10-17(14)25-19(21)20-18(22)13-7-5-4-6-12(13)2/h3-7,9-10H,1,8,11H2,2H3. The Hall–Kier alpha value is -2.86. The largest absolute Gasteiger partial charge is 0.454 e. The van der Waals surface area contributed by atoms with Gasteiger partial charge in [0.15, 0.2) is 16.3 Å². The summed E-state index contributed by atoms with van der Waals surface area (Å²) in [5.41, 5.74) is 2.47. The molecule has 1 aliphatic heterocycles. The number of aromatic nitrogens is 1. The van der Waals surface area contributed by atoms with E-state index in [9.17, 15) is 4.79 Å². The van der Waals surface area contributed by atoms with Crippen molar-refractivity contribution in [2.24, 2.45) is 4.99 Å². The number of thiazole rings is 1. The fourth-order valence-corrected chi connectivity index (χ4v) is 3.86. The van der Waals surface area contributed by atoms with Crippen molar-refractivity contribution in [3.63, 3.8) is 0 Å². The summed E-state index contributed by atoms with van der Waals surface area (Å²) >= 11 is 1.45. The average molecular weight is 352 g/mol. The van der Waals surface area contributed by atoms with Gasteiger partial charge in [-0.15, -0.1) is 6.58 Å². The maximum absolute atomic E-state index is 12.6. The van der Waals surface area contributed by atoms with Gasteiger partial charge in [0.2, 0.25) is 6.79 Å². The van der Waals surface area contributed by atoms with E-state index in [1.165, 1.54) is 11.3 Å². The van der Waals surface area contributed by atoms with Crippen molar-refractivity contribution in [2.75, 3.05) is 6.79 Å². The van der Waals surface area contributed by atoms with E-state index < -0.39 is 0 Å². The summed E-state index contributed by atoms with van der Waals surface area (Å²) in [5.74, 6) is 1.18.